The van der Waals surface area contributed by atoms with Crippen LogP contribution in [0.4, 0.5) is 0 Å². The van der Waals surface area contributed by atoms with Crippen LogP contribution in [-0.2, 0) is 13.1 Å². The van der Waals surface area contributed by atoms with Gasteiger partial charge in [-0.3, -0.25) is 0 Å². The standard InChI is InChI=1S/C22H22N2O/c25-18(15-23-14-17-8-2-1-3-9-17)16-24-21-12-6-4-10-19(21)20-11-5-7-13-22(20)24/h1-13,18,23,25H,14-16H2/t18-/m1/s1. The number of rotatable bonds is 6. The Hall–Kier alpha value is -2.62. The van der Waals surface area contributed by atoms with E-state index in [9.17, 15) is 5.11 Å². The van der Waals surface area contributed by atoms with Gasteiger partial charge in [-0.15, -0.1) is 0 Å². The zero-order valence-corrected chi connectivity index (χ0v) is 14.1. The fourth-order valence-corrected chi connectivity index (χ4v) is 3.45. The highest BCUT2D eigenvalue weighted by Gasteiger charge is 2.12. The van der Waals surface area contributed by atoms with E-state index in [1.807, 2.05) is 18.2 Å². The molecule has 0 saturated heterocycles. The maximum atomic E-state index is 10.5. The van der Waals surface area contributed by atoms with Crippen molar-refractivity contribution in [2.45, 2.75) is 19.2 Å². The molecule has 3 heteroatoms. The van der Waals surface area contributed by atoms with E-state index in [1.54, 1.807) is 0 Å². The maximum absolute atomic E-state index is 10.5. The van der Waals surface area contributed by atoms with Crippen molar-refractivity contribution >= 4 is 21.8 Å². The van der Waals surface area contributed by atoms with Gasteiger partial charge in [-0.05, 0) is 17.7 Å². The Morgan fingerprint density at radius 2 is 1.32 bits per heavy atom. The summed E-state index contributed by atoms with van der Waals surface area (Å²) in [4.78, 5) is 0. The second-order valence-corrected chi connectivity index (χ2v) is 6.42. The van der Waals surface area contributed by atoms with Crippen LogP contribution in [-0.4, -0.2) is 22.3 Å². The number of para-hydroxylation sites is 2. The van der Waals surface area contributed by atoms with E-state index in [0.717, 1.165) is 6.54 Å². The summed E-state index contributed by atoms with van der Waals surface area (Å²) in [6.07, 6.45) is -0.442. The number of benzene rings is 3. The van der Waals surface area contributed by atoms with Gasteiger partial charge >= 0.3 is 0 Å². The lowest BCUT2D eigenvalue weighted by atomic mass is 10.2. The Kier molecular flexibility index (Phi) is 4.51. The molecule has 0 aliphatic heterocycles. The number of nitrogens with one attached hydrogen (secondary N) is 1. The molecule has 0 amide bonds. The molecule has 4 aromatic rings. The molecule has 0 spiro atoms. The van der Waals surface area contributed by atoms with Crippen molar-refractivity contribution < 1.29 is 5.11 Å². The molecule has 0 fully saturated rings. The van der Waals surface area contributed by atoms with Gasteiger partial charge in [0.15, 0.2) is 0 Å². The van der Waals surface area contributed by atoms with E-state index in [2.05, 4.69) is 70.5 Å². The molecule has 1 atom stereocenters. The Labute approximate surface area is 147 Å². The fourth-order valence-electron chi connectivity index (χ4n) is 3.45. The van der Waals surface area contributed by atoms with Crippen molar-refractivity contribution in [2.24, 2.45) is 0 Å². The minimum atomic E-state index is -0.442. The Balaban J connectivity index is 1.51. The lowest BCUT2D eigenvalue weighted by molar-refractivity contribution is 0.154. The minimum Gasteiger partial charge on any atom is -0.390 e. The summed E-state index contributed by atoms with van der Waals surface area (Å²) in [7, 11) is 0. The van der Waals surface area contributed by atoms with E-state index in [-0.39, 0.29) is 0 Å². The van der Waals surface area contributed by atoms with Gasteiger partial charge in [-0.25, -0.2) is 0 Å². The molecular weight excluding hydrogens is 308 g/mol. The molecule has 0 radical (unpaired) electrons. The molecule has 3 aromatic carbocycles. The normalized spacial score (nSPS) is 12.7. The molecule has 1 heterocycles. The van der Waals surface area contributed by atoms with Crippen LogP contribution in [0.15, 0.2) is 78.9 Å². The number of aliphatic hydroxyl groups excluding tert-OH is 1. The summed E-state index contributed by atoms with van der Waals surface area (Å²) < 4.78 is 2.22. The van der Waals surface area contributed by atoms with Crippen molar-refractivity contribution in [3.63, 3.8) is 0 Å². The maximum Gasteiger partial charge on any atom is 0.0843 e. The predicted octanol–water partition coefficient (Wildman–Crippen LogP) is 3.95. The van der Waals surface area contributed by atoms with Crippen molar-refractivity contribution in [1.82, 2.24) is 9.88 Å². The number of hydrogen-bond donors (Lipinski definition) is 2. The van der Waals surface area contributed by atoms with Crippen LogP contribution in [0.2, 0.25) is 0 Å². The molecule has 25 heavy (non-hydrogen) atoms. The quantitative estimate of drug-likeness (QED) is 0.562. The Morgan fingerprint density at radius 1 is 0.760 bits per heavy atom. The molecule has 2 N–H and O–H groups in total. The molecule has 1 aromatic heterocycles. The fraction of sp³-hybridized carbons (Fsp3) is 0.182. The lowest BCUT2D eigenvalue weighted by Crippen LogP contribution is -2.29. The van der Waals surface area contributed by atoms with Crippen LogP contribution in [0, 0.1) is 0 Å². The number of aliphatic hydroxyl groups is 1. The van der Waals surface area contributed by atoms with Gasteiger partial charge < -0.3 is 15.0 Å². The summed E-state index contributed by atoms with van der Waals surface area (Å²) in [5.41, 5.74) is 3.57. The number of aromatic nitrogens is 1. The lowest BCUT2D eigenvalue weighted by Gasteiger charge is -2.15. The third-order valence-corrected chi connectivity index (χ3v) is 4.63. The highest BCUT2D eigenvalue weighted by atomic mass is 16.3. The molecule has 0 bridgehead atoms. The van der Waals surface area contributed by atoms with E-state index < -0.39 is 6.10 Å². The van der Waals surface area contributed by atoms with Crippen LogP contribution in [0.1, 0.15) is 5.56 Å². The van der Waals surface area contributed by atoms with E-state index in [1.165, 1.54) is 27.4 Å². The smallest absolute Gasteiger partial charge is 0.0843 e. The highest BCUT2D eigenvalue weighted by molar-refractivity contribution is 6.07. The Morgan fingerprint density at radius 3 is 1.96 bits per heavy atom. The van der Waals surface area contributed by atoms with E-state index in [0.29, 0.717) is 13.1 Å². The molecule has 0 aliphatic carbocycles. The molecule has 0 aliphatic rings. The summed E-state index contributed by atoms with van der Waals surface area (Å²) in [5.74, 6) is 0. The van der Waals surface area contributed by atoms with Crippen LogP contribution in [0.25, 0.3) is 21.8 Å². The Bertz CT molecular complexity index is 922. The van der Waals surface area contributed by atoms with Gasteiger partial charge in [-0.1, -0.05) is 66.7 Å². The zero-order chi connectivity index (χ0) is 17.1. The van der Waals surface area contributed by atoms with Crippen molar-refractivity contribution in [2.75, 3.05) is 6.54 Å². The number of nitrogens with zero attached hydrogens (tertiary/aromatic N) is 1. The van der Waals surface area contributed by atoms with E-state index >= 15 is 0 Å². The first-order valence-corrected chi connectivity index (χ1v) is 8.71. The zero-order valence-electron chi connectivity index (χ0n) is 14.1. The average Bonchev–Trinajstić information content (AvgIpc) is 2.97. The van der Waals surface area contributed by atoms with Gasteiger partial charge in [0.25, 0.3) is 0 Å². The van der Waals surface area contributed by atoms with Crippen LogP contribution in [0.3, 0.4) is 0 Å². The SMILES string of the molecule is O[C@H](CNCc1ccccc1)Cn1c2ccccc2c2ccccc21. The van der Waals surface area contributed by atoms with Crippen molar-refractivity contribution in [1.29, 1.82) is 0 Å². The first-order chi connectivity index (χ1) is 12.3. The molecule has 0 unspecified atom stereocenters. The largest absolute Gasteiger partial charge is 0.390 e. The molecular formula is C22H22N2O. The third kappa shape index (κ3) is 3.29. The van der Waals surface area contributed by atoms with Crippen molar-refractivity contribution in [3.05, 3.63) is 84.4 Å². The molecule has 0 saturated carbocycles. The minimum absolute atomic E-state index is 0.442. The second kappa shape index (κ2) is 7.09. The van der Waals surface area contributed by atoms with Gasteiger partial charge in [0.2, 0.25) is 0 Å². The summed E-state index contributed by atoms with van der Waals surface area (Å²) in [6.45, 7) is 1.91. The molecule has 3 nitrogen and oxygen atoms in total. The topological polar surface area (TPSA) is 37.2 Å². The first kappa shape index (κ1) is 15.9. The van der Waals surface area contributed by atoms with Gasteiger partial charge in [-0.2, -0.15) is 0 Å². The summed E-state index contributed by atoms with van der Waals surface area (Å²) in [5, 5.41) is 16.4. The molecule has 126 valence electrons. The van der Waals surface area contributed by atoms with E-state index in [4.69, 9.17) is 0 Å². The first-order valence-electron chi connectivity index (χ1n) is 8.71. The second-order valence-electron chi connectivity index (χ2n) is 6.42. The number of fused-ring (bicyclic) bond motifs is 3. The van der Waals surface area contributed by atoms with Gasteiger partial charge in [0.05, 0.1) is 12.6 Å². The average molecular weight is 330 g/mol. The number of hydrogen-bond acceptors (Lipinski definition) is 2. The van der Waals surface area contributed by atoms with Crippen LogP contribution in [0.5, 0.6) is 0 Å². The third-order valence-electron chi connectivity index (χ3n) is 4.63. The predicted molar refractivity (Wildman–Crippen MR) is 104 cm³/mol. The summed E-state index contributed by atoms with van der Waals surface area (Å²) >= 11 is 0. The molecule has 4 rings (SSSR count). The highest BCUT2D eigenvalue weighted by Crippen LogP contribution is 2.28. The van der Waals surface area contributed by atoms with Crippen LogP contribution < -0.4 is 5.32 Å². The van der Waals surface area contributed by atoms with Crippen LogP contribution >= 0.6 is 0 Å². The monoisotopic (exact) mass is 330 g/mol. The van der Waals surface area contributed by atoms with Gasteiger partial charge in [0, 0.05) is 34.9 Å². The van der Waals surface area contributed by atoms with Crippen molar-refractivity contribution in [3.8, 4) is 0 Å². The van der Waals surface area contributed by atoms with Gasteiger partial charge in [0.1, 0.15) is 0 Å². The summed E-state index contributed by atoms with van der Waals surface area (Å²) in [6, 6.07) is 27.0.